The average Bonchev–Trinajstić information content (AvgIpc) is 2.96. The van der Waals surface area contributed by atoms with Crippen molar-refractivity contribution in [2.24, 2.45) is 0 Å². The van der Waals surface area contributed by atoms with Crippen molar-refractivity contribution in [2.75, 3.05) is 13.1 Å². The molecule has 0 radical (unpaired) electrons. The smallest absolute Gasteiger partial charge is 0.100 e. The summed E-state index contributed by atoms with van der Waals surface area (Å²) in [4.78, 5) is 2.16. The second kappa shape index (κ2) is 5.22. The van der Waals surface area contributed by atoms with E-state index in [0.29, 0.717) is 12.3 Å². The van der Waals surface area contributed by atoms with Crippen LogP contribution in [-0.2, 0) is 6.42 Å². The molecule has 0 bridgehead atoms. The quantitative estimate of drug-likeness (QED) is 0.646. The first-order valence-corrected chi connectivity index (χ1v) is 7.12. The van der Waals surface area contributed by atoms with E-state index in [4.69, 9.17) is 17.0 Å². The lowest BCUT2D eigenvalue weighted by Gasteiger charge is -2.19. The highest BCUT2D eigenvalue weighted by Gasteiger charge is 2.16. The highest BCUT2D eigenvalue weighted by molar-refractivity contribution is 6.36. The second-order valence-electron chi connectivity index (χ2n) is 5.08. The van der Waals surface area contributed by atoms with Crippen LogP contribution in [0.3, 0.4) is 0 Å². The molecule has 2 aromatic carbocycles. The molecule has 0 atom stereocenters. The van der Waals surface area contributed by atoms with Gasteiger partial charge in [-0.3, -0.25) is 5.41 Å². The Bertz CT molecular complexity index is 615. The van der Waals surface area contributed by atoms with Gasteiger partial charge in [0, 0.05) is 24.9 Å². The van der Waals surface area contributed by atoms with Crippen LogP contribution in [0, 0.1) is 5.41 Å². The lowest BCUT2D eigenvalue weighted by molar-refractivity contribution is 0.507. The lowest BCUT2D eigenvalue weighted by Crippen LogP contribution is -2.28. The minimum atomic E-state index is 0.629. The molecule has 1 saturated heterocycles. The molecular formula is C16H17ClN2. The molecule has 1 heterocycles. The van der Waals surface area contributed by atoms with E-state index in [1.165, 1.54) is 12.8 Å². The predicted molar refractivity (Wildman–Crippen MR) is 81.2 cm³/mol. The average molecular weight is 273 g/mol. The molecule has 0 saturated carbocycles. The summed E-state index contributed by atoms with van der Waals surface area (Å²) in [6.07, 6.45) is 3.03. The SMILES string of the molecule is N=C(Cc1ccc2ccccc2c1Cl)N1CCCC1. The number of hydrogen-bond donors (Lipinski definition) is 1. The van der Waals surface area contributed by atoms with Crippen LogP contribution >= 0.6 is 11.6 Å². The Balaban J connectivity index is 1.88. The van der Waals surface area contributed by atoms with E-state index in [1.807, 2.05) is 18.2 Å². The standard InChI is InChI=1S/C16H17ClN2/c17-16-13(11-15(18)19-9-3-4-10-19)8-7-12-5-1-2-6-14(12)16/h1-2,5-8,18H,3-4,9-11H2. The third-order valence-corrected chi connectivity index (χ3v) is 4.24. The van der Waals surface area contributed by atoms with Crippen molar-refractivity contribution in [1.82, 2.24) is 4.90 Å². The number of nitrogens with one attached hydrogen (secondary N) is 1. The van der Waals surface area contributed by atoms with Crippen LogP contribution in [0.25, 0.3) is 10.8 Å². The zero-order valence-corrected chi connectivity index (χ0v) is 11.6. The fourth-order valence-electron chi connectivity index (χ4n) is 2.69. The monoisotopic (exact) mass is 272 g/mol. The molecule has 0 aromatic heterocycles. The number of rotatable bonds is 2. The molecule has 98 valence electrons. The Kier molecular flexibility index (Phi) is 3.43. The Morgan fingerprint density at radius 1 is 1.11 bits per heavy atom. The largest absolute Gasteiger partial charge is 0.360 e. The summed E-state index contributed by atoms with van der Waals surface area (Å²) in [7, 11) is 0. The van der Waals surface area contributed by atoms with Gasteiger partial charge in [0.1, 0.15) is 5.84 Å². The third kappa shape index (κ3) is 2.45. The van der Waals surface area contributed by atoms with Gasteiger partial charge in [-0.15, -0.1) is 0 Å². The van der Waals surface area contributed by atoms with Crippen LogP contribution in [0.5, 0.6) is 0 Å². The minimum Gasteiger partial charge on any atom is -0.360 e. The Morgan fingerprint density at radius 3 is 2.63 bits per heavy atom. The van der Waals surface area contributed by atoms with Crippen LogP contribution in [0.15, 0.2) is 36.4 Å². The molecular weight excluding hydrogens is 256 g/mol. The lowest BCUT2D eigenvalue weighted by atomic mass is 10.0. The molecule has 0 aliphatic carbocycles. The zero-order chi connectivity index (χ0) is 13.2. The van der Waals surface area contributed by atoms with Crippen molar-refractivity contribution in [1.29, 1.82) is 5.41 Å². The minimum absolute atomic E-state index is 0.629. The first-order valence-electron chi connectivity index (χ1n) is 6.74. The highest BCUT2D eigenvalue weighted by Crippen LogP contribution is 2.28. The van der Waals surface area contributed by atoms with Crippen molar-refractivity contribution in [3.8, 4) is 0 Å². The van der Waals surface area contributed by atoms with Crippen molar-refractivity contribution >= 4 is 28.2 Å². The maximum Gasteiger partial charge on any atom is 0.100 e. The summed E-state index contributed by atoms with van der Waals surface area (Å²) in [6.45, 7) is 2.04. The number of benzene rings is 2. The topological polar surface area (TPSA) is 27.1 Å². The first-order chi connectivity index (χ1) is 9.25. The Morgan fingerprint density at radius 2 is 1.84 bits per heavy atom. The number of amidine groups is 1. The van der Waals surface area contributed by atoms with E-state index in [1.54, 1.807) is 0 Å². The van der Waals surface area contributed by atoms with Crippen LogP contribution in [0.1, 0.15) is 18.4 Å². The number of fused-ring (bicyclic) bond motifs is 1. The van der Waals surface area contributed by atoms with Gasteiger partial charge in [0.15, 0.2) is 0 Å². The van der Waals surface area contributed by atoms with Gasteiger partial charge in [0.2, 0.25) is 0 Å². The number of halogens is 1. The summed E-state index contributed by atoms with van der Waals surface area (Å²) < 4.78 is 0. The van der Waals surface area contributed by atoms with E-state index in [-0.39, 0.29) is 0 Å². The summed E-state index contributed by atoms with van der Waals surface area (Å²) >= 11 is 6.48. The van der Waals surface area contributed by atoms with Gasteiger partial charge >= 0.3 is 0 Å². The molecule has 0 amide bonds. The third-order valence-electron chi connectivity index (χ3n) is 3.79. The van der Waals surface area contributed by atoms with Gasteiger partial charge in [-0.2, -0.15) is 0 Å². The fourth-order valence-corrected chi connectivity index (χ4v) is 3.00. The molecule has 2 aromatic rings. The molecule has 19 heavy (non-hydrogen) atoms. The van der Waals surface area contributed by atoms with Crippen molar-refractivity contribution in [2.45, 2.75) is 19.3 Å². The van der Waals surface area contributed by atoms with Gasteiger partial charge in [0.25, 0.3) is 0 Å². The number of likely N-dealkylation sites (tertiary alicyclic amines) is 1. The molecule has 2 nitrogen and oxygen atoms in total. The van der Waals surface area contributed by atoms with Crippen molar-refractivity contribution in [3.05, 3.63) is 47.0 Å². The van der Waals surface area contributed by atoms with Gasteiger partial charge in [-0.05, 0) is 23.8 Å². The second-order valence-corrected chi connectivity index (χ2v) is 5.46. The Labute approximate surface area is 118 Å². The zero-order valence-electron chi connectivity index (χ0n) is 10.8. The summed E-state index contributed by atoms with van der Waals surface area (Å²) in [5.41, 5.74) is 1.05. The maximum atomic E-state index is 8.20. The fraction of sp³-hybridized carbons (Fsp3) is 0.312. The van der Waals surface area contributed by atoms with E-state index in [2.05, 4.69) is 23.1 Å². The van der Waals surface area contributed by atoms with Gasteiger partial charge in [-0.25, -0.2) is 0 Å². The van der Waals surface area contributed by atoms with Crippen molar-refractivity contribution in [3.63, 3.8) is 0 Å². The van der Waals surface area contributed by atoms with Crippen LogP contribution in [-0.4, -0.2) is 23.8 Å². The summed E-state index contributed by atoms with van der Waals surface area (Å²) in [6, 6.07) is 12.3. The predicted octanol–water partition coefficient (Wildman–Crippen LogP) is 4.11. The first kappa shape index (κ1) is 12.5. The van der Waals surface area contributed by atoms with Gasteiger partial charge < -0.3 is 4.90 Å². The normalized spacial score (nSPS) is 15.1. The summed E-state index contributed by atoms with van der Waals surface area (Å²) in [5.74, 6) is 0.690. The van der Waals surface area contributed by atoms with E-state index < -0.39 is 0 Å². The van der Waals surface area contributed by atoms with Crippen molar-refractivity contribution < 1.29 is 0 Å². The molecule has 3 heteroatoms. The molecule has 1 N–H and O–H groups in total. The van der Waals surface area contributed by atoms with Crippen LogP contribution < -0.4 is 0 Å². The number of hydrogen-bond acceptors (Lipinski definition) is 1. The summed E-state index contributed by atoms with van der Waals surface area (Å²) in [5, 5.41) is 11.2. The molecule has 0 spiro atoms. The number of nitrogens with zero attached hydrogens (tertiary/aromatic N) is 1. The maximum absolute atomic E-state index is 8.20. The van der Waals surface area contributed by atoms with Crippen LogP contribution in [0.4, 0.5) is 0 Å². The molecule has 0 unspecified atom stereocenters. The van der Waals surface area contributed by atoms with Gasteiger partial charge in [-0.1, -0.05) is 48.0 Å². The van der Waals surface area contributed by atoms with Gasteiger partial charge in [0.05, 0.1) is 5.02 Å². The molecule has 1 fully saturated rings. The molecule has 1 aliphatic heterocycles. The molecule has 3 rings (SSSR count). The van der Waals surface area contributed by atoms with E-state index in [0.717, 1.165) is 34.4 Å². The Hall–Kier alpha value is -1.54. The van der Waals surface area contributed by atoms with E-state index >= 15 is 0 Å². The highest BCUT2D eigenvalue weighted by atomic mass is 35.5. The molecule has 1 aliphatic rings. The van der Waals surface area contributed by atoms with E-state index in [9.17, 15) is 0 Å². The van der Waals surface area contributed by atoms with Crippen LogP contribution in [0.2, 0.25) is 5.02 Å².